The molecule has 1 aromatic carbocycles. The summed E-state index contributed by atoms with van der Waals surface area (Å²) in [5.41, 5.74) is -0.244. The number of methoxy groups -OCH3 is 1. The fourth-order valence-corrected chi connectivity index (χ4v) is 2.88. The van der Waals surface area contributed by atoms with Gasteiger partial charge in [-0.1, -0.05) is 20.8 Å². The molecule has 2 aromatic heterocycles. The molecule has 0 saturated heterocycles. The van der Waals surface area contributed by atoms with Crippen LogP contribution < -0.4 is 14.8 Å². The summed E-state index contributed by atoms with van der Waals surface area (Å²) in [6.07, 6.45) is 3.10. The highest BCUT2D eigenvalue weighted by Crippen LogP contribution is 2.35. The molecule has 0 fully saturated rings. The van der Waals surface area contributed by atoms with Crippen LogP contribution >= 0.6 is 0 Å². The average molecular weight is 440 g/mol. The van der Waals surface area contributed by atoms with Gasteiger partial charge in [0.1, 0.15) is 11.4 Å². The molecule has 11 nitrogen and oxygen atoms in total. The Balaban J connectivity index is 2.08. The van der Waals surface area contributed by atoms with Gasteiger partial charge < -0.3 is 14.8 Å². The highest BCUT2D eigenvalue weighted by atomic mass is 16.6. The summed E-state index contributed by atoms with van der Waals surface area (Å²) in [6, 6.07) is 5.80. The number of hydrogen-bond donors (Lipinski definition) is 1. The van der Waals surface area contributed by atoms with Gasteiger partial charge in [0.25, 0.3) is 17.5 Å². The lowest BCUT2D eigenvalue weighted by molar-refractivity contribution is -0.385. The lowest BCUT2D eigenvalue weighted by Crippen LogP contribution is -2.18. The predicted octanol–water partition coefficient (Wildman–Crippen LogP) is 3.53. The van der Waals surface area contributed by atoms with Gasteiger partial charge in [-0.3, -0.25) is 14.9 Å². The summed E-state index contributed by atoms with van der Waals surface area (Å²) in [7, 11) is 1.37. The summed E-state index contributed by atoms with van der Waals surface area (Å²) in [4.78, 5) is 32.5. The number of amides is 1. The SMILES string of the molecule is CCOc1cc(C(=O)Nc2cc(C(C)(C)C)nn2-c2ncccn2)c([N+](=O)[O-])cc1OC. The van der Waals surface area contributed by atoms with Crippen molar-refractivity contribution in [2.75, 3.05) is 19.0 Å². The number of aromatic nitrogens is 4. The number of rotatable bonds is 7. The normalized spacial score (nSPS) is 11.2. The van der Waals surface area contributed by atoms with E-state index in [9.17, 15) is 14.9 Å². The molecule has 32 heavy (non-hydrogen) atoms. The molecule has 0 aliphatic heterocycles. The van der Waals surface area contributed by atoms with Crippen LogP contribution in [0.2, 0.25) is 0 Å². The van der Waals surface area contributed by atoms with Crippen LogP contribution in [-0.2, 0) is 5.41 Å². The Morgan fingerprint density at radius 2 is 1.88 bits per heavy atom. The molecule has 168 valence electrons. The second-order valence-corrected chi connectivity index (χ2v) is 7.79. The van der Waals surface area contributed by atoms with Gasteiger partial charge in [0.05, 0.1) is 30.4 Å². The number of carbonyl (C=O) groups is 1. The number of ether oxygens (including phenoxy) is 2. The van der Waals surface area contributed by atoms with E-state index in [1.54, 1.807) is 31.5 Å². The number of nitrogens with one attached hydrogen (secondary N) is 1. The number of nitro groups is 1. The smallest absolute Gasteiger partial charge is 0.286 e. The summed E-state index contributed by atoms with van der Waals surface area (Å²) in [6.45, 7) is 7.97. The number of anilines is 1. The topological polar surface area (TPSA) is 134 Å². The van der Waals surface area contributed by atoms with Gasteiger partial charge in [0.15, 0.2) is 11.5 Å². The van der Waals surface area contributed by atoms with Crippen LogP contribution in [0.4, 0.5) is 11.5 Å². The van der Waals surface area contributed by atoms with E-state index in [4.69, 9.17) is 9.47 Å². The van der Waals surface area contributed by atoms with Gasteiger partial charge in [0.2, 0.25) is 0 Å². The standard InChI is InChI=1S/C21H24N6O5/c1-6-32-16-10-13(14(27(29)30)11-15(16)31-5)19(28)24-18-12-17(21(2,3)4)25-26(18)20-22-8-7-9-23-20/h7-12H,6H2,1-5H3,(H,24,28). The molecule has 0 radical (unpaired) electrons. The lowest BCUT2D eigenvalue weighted by atomic mass is 9.92. The van der Waals surface area contributed by atoms with Crippen LogP contribution in [0.1, 0.15) is 43.7 Å². The first-order chi connectivity index (χ1) is 15.2. The molecule has 1 amide bonds. The van der Waals surface area contributed by atoms with E-state index in [-0.39, 0.29) is 34.2 Å². The Bertz CT molecular complexity index is 1140. The highest BCUT2D eigenvalue weighted by molar-refractivity contribution is 6.07. The Kier molecular flexibility index (Phi) is 6.37. The molecule has 0 aliphatic rings. The number of hydrogen-bond acceptors (Lipinski definition) is 8. The predicted molar refractivity (Wildman–Crippen MR) is 117 cm³/mol. The van der Waals surface area contributed by atoms with E-state index in [2.05, 4.69) is 20.4 Å². The zero-order chi connectivity index (χ0) is 23.5. The molecule has 3 aromatic rings. The van der Waals surface area contributed by atoms with Crippen molar-refractivity contribution in [3.63, 3.8) is 0 Å². The summed E-state index contributed by atoms with van der Waals surface area (Å²) < 4.78 is 12.0. The second kappa shape index (κ2) is 9.00. The maximum atomic E-state index is 13.1. The third-order valence-electron chi connectivity index (χ3n) is 4.48. The molecular weight excluding hydrogens is 416 g/mol. The van der Waals surface area contributed by atoms with Crippen LogP contribution in [-0.4, -0.2) is 44.3 Å². The van der Waals surface area contributed by atoms with Crippen LogP contribution in [0.15, 0.2) is 36.7 Å². The van der Waals surface area contributed by atoms with Crippen molar-refractivity contribution >= 4 is 17.4 Å². The molecule has 3 rings (SSSR count). The van der Waals surface area contributed by atoms with Crippen molar-refractivity contribution in [1.82, 2.24) is 19.7 Å². The Morgan fingerprint density at radius 1 is 1.19 bits per heavy atom. The number of carbonyl (C=O) groups excluding carboxylic acids is 1. The maximum absolute atomic E-state index is 13.1. The van der Waals surface area contributed by atoms with E-state index in [1.165, 1.54) is 17.9 Å². The van der Waals surface area contributed by atoms with Crippen molar-refractivity contribution in [1.29, 1.82) is 0 Å². The molecule has 0 unspecified atom stereocenters. The van der Waals surface area contributed by atoms with Crippen molar-refractivity contribution in [3.05, 3.63) is 58.0 Å². The number of benzene rings is 1. The first-order valence-corrected chi connectivity index (χ1v) is 9.84. The summed E-state index contributed by atoms with van der Waals surface area (Å²) in [5.74, 6) is 0.193. The van der Waals surface area contributed by atoms with Gasteiger partial charge in [-0.05, 0) is 13.0 Å². The lowest BCUT2D eigenvalue weighted by Gasteiger charge is -2.13. The van der Waals surface area contributed by atoms with E-state index in [0.717, 1.165) is 6.07 Å². The van der Waals surface area contributed by atoms with Gasteiger partial charge in [-0.15, -0.1) is 0 Å². The van der Waals surface area contributed by atoms with Crippen molar-refractivity contribution < 1.29 is 19.2 Å². The molecule has 1 N–H and O–H groups in total. The minimum atomic E-state index is -0.710. The van der Waals surface area contributed by atoms with Crippen LogP contribution in [0.25, 0.3) is 5.95 Å². The quantitative estimate of drug-likeness (QED) is 0.435. The van der Waals surface area contributed by atoms with E-state index in [1.807, 2.05) is 20.8 Å². The Morgan fingerprint density at radius 3 is 2.44 bits per heavy atom. The average Bonchev–Trinajstić information content (AvgIpc) is 3.18. The third kappa shape index (κ3) is 4.66. The molecule has 2 heterocycles. The highest BCUT2D eigenvalue weighted by Gasteiger charge is 2.27. The first-order valence-electron chi connectivity index (χ1n) is 9.84. The summed E-state index contributed by atoms with van der Waals surface area (Å²) >= 11 is 0. The minimum absolute atomic E-state index is 0.160. The van der Waals surface area contributed by atoms with Gasteiger partial charge in [-0.25, -0.2) is 9.97 Å². The first kappa shape index (κ1) is 22.7. The van der Waals surface area contributed by atoms with Gasteiger partial charge in [-0.2, -0.15) is 9.78 Å². The van der Waals surface area contributed by atoms with E-state index >= 15 is 0 Å². The third-order valence-corrected chi connectivity index (χ3v) is 4.48. The number of nitrogens with zero attached hydrogens (tertiary/aromatic N) is 5. The summed E-state index contributed by atoms with van der Waals surface area (Å²) in [5, 5.41) is 18.9. The Labute approximate surface area is 184 Å². The van der Waals surface area contributed by atoms with Gasteiger partial charge >= 0.3 is 0 Å². The molecule has 0 atom stereocenters. The van der Waals surface area contributed by atoms with Gasteiger partial charge in [0, 0.05) is 29.9 Å². The Hall–Kier alpha value is -4.02. The molecule has 0 bridgehead atoms. The monoisotopic (exact) mass is 440 g/mol. The zero-order valence-corrected chi connectivity index (χ0v) is 18.4. The number of nitro benzene ring substituents is 1. The molecule has 0 aliphatic carbocycles. The van der Waals surface area contributed by atoms with Crippen molar-refractivity contribution in [2.45, 2.75) is 33.1 Å². The van der Waals surface area contributed by atoms with Crippen molar-refractivity contribution in [3.8, 4) is 17.4 Å². The van der Waals surface area contributed by atoms with Crippen molar-refractivity contribution in [2.24, 2.45) is 0 Å². The fraction of sp³-hybridized carbons (Fsp3) is 0.333. The minimum Gasteiger partial charge on any atom is -0.493 e. The van der Waals surface area contributed by atoms with Crippen LogP contribution in [0.3, 0.4) is 0 Å². The largest absolute Gasteiger partial charge is 0.493 e. The molecule has 0 spiro atoms. The second-order valence-electron chi connectivity index (χ2n) is 7.79. The molecule has 11 heteroatoms. The van der Waals surface area contributed by atoms with E-state index in [0.29, 0.717) is 12.3 Å². The van der Waals surface area contributed by atoms with E-state index < -0.39 is 16.5 Å². The van der Waals surface area contributed by atoms with Crippen LogP contribution in [0.5, 0.6) is 11.5 Å². The molecule has 0 saturated carbocycles. The fourth-order valence-electron chi connectivity index (χ4n) is 2.88. The van der Waals surface area contributed by atoms with Crippen LogP contribution in [0, 0.1) is 10.1 Å². The zero-order valence-electron chi connectivity index (χ0n) is 18.4. The maximum Gasteiger partial charge on any atom is 0.286 e. The molecular formula is C21H24N6O5.